The lowest BCUT2D eigenvalue weighted by molar-refractivity contribution is -0.156. The van der Waals surface area contributed by atoms with Crippen LogP contribution in [0.5, 0.6) is 0 Å². The van der Waals surface area contributed by atoms with Gasteiger partial charge in [0.05, 0.1) is 6.20 Å². The van der Waals surface area contributed by atoms with Crippen molar-refractivity contribution in [2.24, 2.45) is 0 Å². The number of fused-ring (bicyclic) bond motifs is 1. The van der Waals surface area contributed by atoms with E-state index < -0.39 is 12.1 Å². The quantitative estimate of drug-likeness (QED) is 0.645. The Morgan fingerprint density at radius 1 is 0.947 bits per heavy atom. The molecule has 0 aliphatic carbocycles. The molecule has 1 heterocycles. The molecule has 0 fully saturated rings. The summed E-state index contributed by atoms with van der Waals surface area (Å²) in [6, 6.07) is 12.8. The molecular weight excluding hydrogens is 255 g/mol. The van der Waals surface area contributed by atoms with Crippen molar-refractivity contribution in [2.75, 3.05) is 0 Å². The summed E-state index contributed by atoms with van der Waals surface area (Å²) in [5.74, 6) is -1.11. The maximum atomic E-state index is 12.5. The maximum absolute atomic E-state index is 12.5. The molecule has 19 heavy (non-hydrogen) atoms. The molecule has 0 radical (unpaired) electrons. The normalized spacial score (nSPS) is 11.9. The lowest BCUT2D eigenvalue weighted by Crippen LogP contribution is -2.04. The molecule has 5 heteroatoms. The Morgan fingerprint density at radius 2 is 1.68 bits per heavy atom. The molecule has 0 unspecified atom stereocenters. The number of halogens is 3. The molecule has 3 rings (SSSR count). The highest BCUT2D eigenvalue weighted by atomic mass is 19.4. The first-order valence-electron chi connectivity index (χ1n) is 5.57. The van der Waals surface area contributed by atoms with Crippen molar-refractivity contribution in [2.45, 2.75) is 6.18 Å². The number of nitrogens with zero attached hydrogens (tertiary/aromatic N) is 1. The van der Waals surface area contributed by atoms with Crippen LogP contribution in [0.4, 0.5) is 13.2 Å². The van der Waals surface area contributed by atoms with Crippen molar-refractivity contribution in [1.82, 2.24) is 4.98 Å². The molecule has 0 bridgehead atoms. The zero-order valence-electron chi connectivity index (χ0n) is 9.61. The molecule has 0 amide bonds. The second-order valence-electron chi connectivity index (χ2n) is 4.05. The van der Waals surface area contributed by atoms with Gasteiger partial charge in [-0.05, 0) is 10.8 Å². The van der Waals surface area contributed by atoms with E-state index in [-0.39, 0.29) is 5.76 Å². The molecule has 0 spiro atoms. The zero-order chi connectivity index (χ0) is 13.5. The highest BCUT2D eigenvalue weighted by molar-refractivity contribution is 5.95. The van der Waals surface area contributed by atoms with Crippen LogP contribution in [0.3, 0.4) is 0 Å². The Hall–Kier alpha value is -2.30. The average Bonchev–Trinajstić information content (AvgIpc) is 2.87. The van der Waals surface area contributed by atoms with E-state index in [0.29, 0.717) is 5.56 Å². The molecule has 2 nitrogen and oxygen atoms in total. The topological polar surface area (TPSA) is 26.0 Å². The van der Waals surface area contributed by atoms with Crippen LogP contribution >= 0.6 is 0 Å². The van der Waals surface area contributed by atoms with Crippen molar-refractivity contribution in [3.05, 3.63) is 54.6 Å². The number of alkyl halides is 3. The minimum atomic E-state index is -4.57. The van der Waals surface area contributed by atoms with E-state index in [1.54, 1.807) is 12.1 Å². The number of oxazole rings is 1. The van der Waals surface area contributed by atoms with Crippen LogP contribution in [-0.2, 0) is 6.18 Å². The van der Waals surface area contributed by atoms with Gasteiger partial charge in [0.25, 0.3) is 0 Å². The van der Waals surface area contributed by atoms with Crippen LogP contribution in [0, 0.1) is 0 Å². The first-order chi connectivity index (χ1) is 9.05. The van der Waals surface area contributed by atoms with Gasteiger partial charge < -0.3 is 4.42 Å². The van der Waals surface area contributed by atoms with Gasteiger partial charge >= 0.3 is 12.1 Å². The molecule has 0 atom stereocenters. The maximum Gasteiger partial charge on any atom is 0.468 e. The van der Waals surface area contributed by atoms with Crippen LogP contribution in [0.2, 0.25) is 0 Å². The fourth-order valence-electron chi connectivity index (χ4n) is 1.97. The first kappa shape index (κ1) is 11.8. The van der Waals surface area contributed by atoms with E-state index in [0.717, 1.165) is 17.0 Å². The van der Waals surface area contributed by atoms with Crippen LogP contribution in [0.1, 0.15) is 5.89 Å². The minimum Gasteiger partial charge on any atom is -0.433 e. The third-order valence-electron chi connectivity index (χ3n) is 2.80. The number of benzene rings is 2. The number of aromatic nitrogens is 1. The summed E-state index contributed by atoms with van der Waals surface area (Å²) in [4.78, 5) is 3.28. The zero-order valence-corrected chi connectivity index (χ0v) is 9.61. The largest absolute Gasteiger partial charge is 0.468 e. The van der Waals surface area contributed by atoms with Gasteiger partial charge in [-0.2, -0.15) is 13.2 Å². The summed E-state index contributed by atoms with van der Waals surface area (Å²) in [6.45, 7) is 0. The molecule has 3 aromatic rings. The Morgan fingerprint density at radius 3 is 2.42 bits per heavy atom. The molecule has 0 aliphatic heterocycles. The van der Waals surface area contributed by atoms with Crippen LogP contribution in [0.25, 0.3) is 22.1 Å². The van der Waals surface area contributed by atoms with Crippen LogP contribution in [0.15, 0.2) is 53.1 Å². The van der Waals surface area contributed by atoms with Gasteiger partial charge in [-0.25, -0.2) is 4.98 Å². The highest BCUT2D eigenvalue weighted by Gasteiger charge is 2.37. The van der Waals surface area contributed by atoms with Gasteiger partial charge in [0.1, 0.15) is 0 Å². The lowest BCUT2D eigenvalue weighted by Gasteiger charge is -2.03. The third-order valence-corrected chi connectivity index (χ3v) is 2.80. The molecule has 1 aromatic heterocycles. The SMILES string of the molecule is FC(F)(F)c1ncc(-c2cccc3ccccc23)o1. The molecule has 2 aromatic carbocycles. The van der Waals surface area contributed by atoms with Gasteiger partial charge in [0.15, 0.2) is 5.76 Å². The Kier molecular flexibility index (Phi) is 2.55. The van der Waals surface area contributed by atoms with E-state index >= 15 is 0 Å². The molecule has 96 valence electrons. The Balaban J connectivity index is 2.17. The lowest BCUT2D eigenvalue weighted by atomic mass is 10.0. The fourth-order valence-corrected chi connectivity index (χ4v) is 1.97. The molecule has 0 aliphatic rings. The Labute approximate surface area is 106 Å². The van der Waals surface area contributed by atoms with E-state index in [1.807, 2.05) is 30.3 Å². The van der Waals surface area contributed by atoms with Crippen molar-refractivity contribution < 1.29 is 17.6 Å². The summed E-state index contributed by atoms with van der Waals surface area (Å²) >= 11 is 0. The predicted octanol–water partition coefficient (Wildman–Crippen LogP) is 4.51. The predicted molar refractivity (Wildman–Crippen MR) is 64.4 cm³/mol. The van der Waals surface area contributed by atoms with Gasteiger partial charge in [-0.3, -0.25) is 0 Å². The summed E-state index contributed by atoms with van der Waals surface area (Å²) in [7, 11) is 0. The minimum absolute atomic E-state index is 0.115. The van der Waals surface area contributed by atoms with E-state index in [9.17, 15) is 13.2 Å². The van der Waals surface area contributed by atoms with Crippen LogP contribution < -0.4 is 0 Å². The van der Waals surface area contributed by atoms with E-state index in [4.69, 9.17) is 4.42 Å². The fraction of sp³-hybridized carbons (Fsp3) is 0.0714. The summed E-state index contributed by atoms with van der Waals surface area (Å²) < 4.78 is 42.2. The first-order valence-corrected chi connectivity index (χ1v) is 5.57. The van der Waals surface area contributed by atoms with Gasteiger partial charge in [-0.15, -0.1) is 0 Å². The number of rotatable bonds is 1. The van der Waals surface area contributed by atoms with Gasteiger partial charge in [0.2, 0.25) is 0 Å². The Bertz CT molecular complexity index is 725. The number of hydrogen-bond donors (Lipinski definition) is 0. The summed E-state index contributed by atoms with van der Waals surface area (Å²) in [6.07, 6.45) is -3.46. The summed E-state index contributed by atoms with van der Waals surface area (Å²) in [5, 5.41) is 1.76. The van der Waals surface area contributed by atoms with Gasteiger partial charge in [0, 0.05) is 5.56 Å². The van der Waals surface area contributed by atoms with E-state index in [1.165, 1.54) is 0 Å². The highest BCUT2D eigenvalue weighted by Crippen LogP contribution is 2.34. The summed E-state index contributed by atoms with van der Waals surface area (Å²) in [5.41, 5.74) is 0.598. The molecular formula is C14H8F3NO. The average molecular weight is 263 g/mol. The molecule has 0 saturated heterocycles. The smallest absolute Gasteiger partial charge is 0.433 e. The van der Waals surface area contributed by atoms with Crippen molar-refractivity contribution in [3.8, 4) is 11.3 Å². The number of hydrogen-bond acceptors (Lipinski definition) is 2. The van der Waals surface area contributed by atoms with Gasteiger partial charge in [-0.1, -0.05) is 42.5 Å². The standard InChI is InChI=1S/C14H8F3NO/c15-14(16,17)13-18-8-12(19-13)11-7-3-5-9-4-1-2-6-10(9)11/h1-8H. The monoisotopic (exact) mass is 263 g/mol. The van der Waals surface area contributed by atoms with Crippen molar-refractivity contribution in [3.63, 3.8) is 0 Å². The second-order valence-corrected chi connectivity index (χ2v) is 4.05. The molecule has 0 saturated carbocycles. The van der Waals surface area contributed by atoms with Crippen molar-refractivity contribution in [1.29, 1.82) is 0 Å². The second kappa shape index (κ2) is 4.12. The van der Waals surface area contributed by atoms with Crippen LogP contribution in [-0.4, -0.2) is 4.98 Å². The molecule has 0 N–H and O–H groups in total. The third kappa shape index (κ3) is 2.07. The van der Waals surface area contributed by atoms with E-state index in [2.05, 4.69) is 4.98 Å². The van der Waals surface area contributed by atoms with Crippen molar-refractivity contribution >= 4 is 10.8 Å².